The van der Waals surface area contributed by atoms with Gasteiger partial charge in [0.2, 0.25) is 0 Å². The van der Waals surface area contributed by atoms with E-state index >= 15 is 0 Å². The Labute approximate surface area is 116 Å². The van der Waals surface area contributed by atoms with E-state index in [1.807, 2.05) is 17.5 Å². The second-order valence-corrected chi connectivity index (χ2v) is 6.26. The lowest BCUT2D eigenvalue weighted by atomic mass is 10.1. The van der Waals surface area contributed by atoms with Gasteiger partial charge in [0.1, 0.15) is 11.6 Å². The van der Waals surface area contributed by atoms with E-state index < -0.39 is 23.7 Å². The van der Waals surface area contributed by atoms with Gasteiger partial charge in [0.25, 0.3) is 0 Å². The third kappa shape index (κ3) is 4.90. The molecule has 6 heteroatoms. The number of likely N-dealkylation sites (N-methyl/N-ethyl adjacent to an activating group) is 1. The largest absolute Gasteiger partial charge is 0.480 e. The predicted molar refractivity (Wildman–Crippen MR) is 73.4 cm³/mol. The lowest BCUT2D eigenvalue weighted by Crippen LogP contribution is -2.45. The number of nitrogens with zero attached hydrogens (tertiary/aromatic N) is 1. The molecule has 0 aliphatic carbocycles. The molecule has 0 spiro atoms. The molecule has 0 aliphatic rings. The zero-order chi connectivity index (χ0) is 14.6. The Hall–Kier alpha value is -1.56. The molecule has 0 saturated heterocycles. The van der Waals surface area contributed by atoms with Crippen molar-refractivity contribution in [1.82, 2.24) is 4.90 Å². The van der Waals surface area contributed by atoms with Crippen LogP contribution in [0.15, 0.2) is 17.5 Å². The summed E-state index contributed by atoms with van der Waals surface area (Å²) >= 11 is 1.47. The summed E-state index contributed by atoms with van der Waals surface area (Å²) in [5.74, 6) is -1.04. The highest BCUT2D eigenvalue weighted by Crippen LogP contribution is 2.16. The monoisotopic (exact) mass is 285 g/mol. The van der Waals surface area contributed by atoms with E-state index in [9.17, 15) is 14.7 Å². The first kappa shape index (κ1) is 15.5. The molecule has 0 radical (unpaired) electrons. The van der Waals surface area contributed by atoms with Crippen LogP contribution in [0.5, 0.6) is 0 Å². The Kier molecular flexibility index (Phi) is 4.94. The van der Waals surface area contributed by atoms with Crippen molar-refractivity contribution >= 4 is 23.4 Å². The summed E-state index contributed by atoms with van der Waals surface area (Å²) in [5, 5.41) is 11.1. The molecular weight excluding hydrogens is 266 g/mol. The van der Waals surface area contributed by atoms with E-state index in [1.165, 1.54) is 18.4 Å². The number of aliphatic carboxylic acids is 1. The van der Waals surface area contributed by atoms with Crippen molar-refractivity contribution < 1.29 is 19.4 Å². The molecule has 1 heterocycles. The second kappa shape index (κ2) is 6.06. The Morgan fingerprint density at radius 2 is 2.11 bits per heavy atom. The molecule has 19 heavy (non-hydrogen) atoms. The Morgan fingerprint density at radius 3 is 2.53 bits per heavy atom. The molecule has 1 rings (SSSR count). The average Bonchev–Trinajstić information content (AvgIpc) is 2.74. The summed E-state index contributed by atoms with van der Waals surface area (Å²) in [6, 6.07) is 2.78. The van der Waals surface area contributed by atoms with Gasteiger partial charge in [0.15, 0.2) is 0 Å². The number of ether oxygens (including phenoxy) is 1. The van der Waals surface area contributed by atoms with Gasteiger partial charge < -0.3 is 9.84 Å². The third-order valence-electron chi connectivity index (χ3n) is 2.41. The van der Waals surface area contributed by atoms with E-state index in [0.717, 1.165) is 9.78 Å². The van der Waals surface area contributed by atoms with Crippen LogP contribution in [0.1, 0.15) is 25.6 Å². The van der Waals surface area contributed by atoms with Crippen LogP contribution < -0.4 is 0 Å². The van der Waals surface area contributed by atoms with Gasteiger partial charge in [0, 0.05) is 18.3 Å². The SMILES string of the molecule is CN(C(=O)OC(C)(C)C)[C@@H](Cc1cccs1)C(=O)O. The first-order valence-electron chi connectivity index (χ1n) is 5.91. The number of carboxylic acids is 1. The quantitative estimate of drug-likeness (QED) is 0.923. The van der Waals surface area contributed by atoms with Crippen molar-refractivity contribution in [3.63, 3.8) is 0 Å². The van der Waals surface area contributed by atoms with Gasteiger partial charge in [-0.25, -0.2) is 9.59 Å². The van der Waals surface area contributed by atoms with E-state index in [4.69, 9.17) is 4.74 Å². The first-order chi connectivity index (χ1) is 8.70. The molecule has 1 amide bonds. The van der Waals surface area contributed by atoms with Crippen molar-refractivity contribution in [3.8, 4) is 0 Å². The molecule has 0 aliphatic heterocycles. The summed E-state index contributed by atoms with van der Waals surface area (Å²) in [7, 11) is 1.44. The van der Waals surface area contributed by atoms with E-state index in [0.29, 0.717) is 0 Å². The Bertz CT molecular complexity index is 436. The van der Waals surface area contributed by atoms with Crippen molar-refractivity contribution in [2.45, 2.75) is 38.8 Å². The van der Waals surface area contributed by atoms with Crippen LogP contribution in [-0.2, 0) is 16.0 Å². The minimum absolute atomic E-state index is 0.280. The summed E-state index contributed by atoms with van der Waals surface area (Å²) < 4.78 is 5.18. The van der Waals surface area contributed by atoms with E-state index in [2.05, 4.69) is 0 Å². The van der Waals surface area contributed by atoms with Crippen molar-refractivity contribution in [2.75, 3.05) is 7.05 Å². The molecule has 5 nitrogen and oxygen atoms in total. The topological polar surface area (TPSA) is 66.8 Å². The molecule has 0 bridgehead atoms. The van der Waals surface area contributed by atoms with Crippen LogP contribution in [0.25, 0.3) is 0 Å². The molecular formula is C13H19NO4S. The van der Waals surface area contributed by atoms with E-state index in [-0.39, 0.29) is 6.42 Å². The average molecular weight is 285 g/mol. The Morgan fingerprint density at radius 1 is 1.47 bits per heavy atom. The fourth-order valence-corrected chi connectivity index (χ4v) is 2.21. The number of rotatable bonds is 4. The summed E-state index contributed by atoms with van der Waals surface area (Å²) in [6.45, 7) is 5.23. The molecule has 106 valence electrons. The highest BCUT2D eigenvalue weighted by atomic mass is 32.1. The summed E-state index contributed by atoms with van der Waals surface area (Å²) in [4.78, 5) is 25.2. The van der Waals surface area contributed by atoms with Crippen molar-refractivity contribution in [3.05, 3.63) is 22.4 Å². The maximum atomic E-state index is 11.9. The van der Waals surface area contributed by atoms with Crippen molar-refractivity contribution in [2.24, 2.45) is 0 Å². The normalized spacial score (nSPS) is 12.8. The Balaban J connectivity index is 2.76. The lowest BCUT2D eigenvalue weighted by molar-refractivity contribution is -0.142. The van der Waals surface area contributed by atoms with Crippen LogP contribution >= 0.6 is 11.3 Å². The van der Waals surface area contributed by atoms with Crippen LogP contribution in [0.2, 0.25) is 0 Å². The van der Waals surface area contributed by atoms with Gasteiger partial charge in [-0.1, -0.05) is 6.07 Å². The highest BCUT2D eigenvalue weighted by Gasteiger charge is 2.30. The number of hydrogen-bond acceptors (Lipinski definition) is 4. The summed E-state index contributed by atoms with van der Waals surface area (Å²) in [6.07, 6.45) is -0.348. The van der Waals surface area contributed by atoms with Gasteiger partial charge >= 0.3 is 12.1 Å². The standard InChI is InChI=1S/C13H19NO4S/c1-13(2,3)18-12(17)14(4)10(11(15)16)8-9-6-5-7-19-9/h5-7,10H,8H2,1-4H3,(H,15,16)/t10-/m0/s1. The number of thiophene rings is 1. The molecule has 0 saturated carbocycles. The number of hydrogen-bond donors (Lipinski definition) is 1. The predicted octanol–water partition coefficient (Wildman–Crippen LogP) is 2.61. The van der Waals surface area contributed by atoms with Gasteiger partial charge in [-0.15, -0.1) is 11.3 Å². The first-order valence-corrected chi connectivity index (χ1v) is 6.79. The third-order valence-corrected chi connectivity index (χ3v) is 3.31. The number of carboxylic acid groups (broad SMARTS) is 1. The highest BCUT2D eigenvalue weighted by molar-refractivity contribution is 7.09. The van der Waals surface area contributed by atoms with Gasteiger partial charge in [0.05, 0.1) is 0 Å². The van der Waals surface area contributed by atoms with Gasteiger partial charge in [-0.3, -0.25) is 4.90 Å². The van der Waals surface area contributed by atoms with Crippen LogP contribution in [0.4, 0.5) is 4.79 Å². The molecule has 0 fully saturated rings. The fraction of sp³-hybridized carbons (Fsp3) is 0.538. The lowest BCUT2D eigenvalue weighted by Gasteiger charge is -2.28. The van der Waals surface area contributed by atoms with Crippen LogP contribution in [0, 0.1) is 0 Å². The van der Waals surface area contributed by atoms with Gasteiger partial charge in [-0.05, 0) is 32.2 Å². The smallest absolute Gasteiger partial charge is 0.410 e. The molecule has 1 aromatic rings. The number of carbonyl (C=O) groups is 2. The van der Waals surface area contributed by atoms with Gasteiger partial charge in [-0.2, -0.15) is 0 Å². The number of carbonyl (C=O) groups excluding carboxylic acids is 1. The van der Waals surface area contributed by atoms with Crippen molar-refractivity contribution in [1.29, 1.82) is 0 Å². The maximum absolute atomic E-state index is 11.9. The number of amides is 1. The minimum Gasteiger partial charge on any atom is -0.480 e. The maximum Gasteiger partial charge on any atom is 0.410 e. The fourth-order valence-electron chi connectivity index (χ4n) is 1.47. The zero-order valence-corrected chi connectivity index (χ0v) is 12.4. The molecule has 0 aromatic carbocycles. The molecule has 1 atom stereocenters. The summed E-state index contributed by atoms with van der Waals surface area (Å²) in [5.41, 5.74) is -0.642. The molecule has 1 N–H and O–H groups in total. The van der Waals surface area contributed by atoms with Crippen LogP contribution in [0.3, 0.4) is 0 Å². The van der Waals surface area contributed by atoms with E-state index in [1.54, 1.807) is 20.8 Å². The molecule has 0 unspecified atom stereocenters. The minimum atomic E-state index is -1.04. The second-order valence-electron chi connectivity index (χ2n) is 5.23. The molecule has 1 aromatic heterocycles. The van der Waals surface area contributed by atoms with Crippen LogP contribution in [-0.4, -0.2) is 40.8 Å². The zero-order valence-electron chi connectivity index (χ0n) is 11.5.